The molecule has 1 N–H and O–H groups in total. The van der Waals surface area contributed by atoms with Gasteiger partial charge in [0.2, 0.25) is 0 Å². The van der Waals surface area contributed by atoms with Crippen molar-refractivity contribution in [3.05, 3.63) is 70.4 Å². The van der Waals surface area contributed by atoms with Crippen LogP contribution < -0.4 is 4.74 Å². The van der Waals surface area contributed by atoms with Crippen molar-refractivity contribution in [3.63, 3.8) is 0 Å². The predicted molar refractivity (Wildman–Crippen MR) is 94.6 cm³/mol. The van der Waals surface area contributed by atoms with E-state index >= 15 is 0 Å². The molecule has 1 aromatic heterocycles. The number of rotatable bonds is 6. The highest BCUT2D eigenvalue weighted by Crippen LogP contribution is 2.36. The zero-order valence-corrected chi connectivity index (χ0v) is 14.3. The first kappa shape index (κ1) is 17.1. The minimum absolute atomic E-state index is 0.0780. The summed E-state index contributed by atoms with van der Waals surface area (Å²) in [4.78, 5) is 15.5. The van der Waals surface area contributed by atoms with Crippen LogP contribution >= 0.6 is 11.3 Å². The maximum Gasteiger partial charge on any atom is 0.304 e. The Morgan fingerprint density at radius 2 is 2.12 bits per heavy atom. The van der Waals surface area contributed by atoms with Crippen molar-refractivity contribution in [2.45, 2.75) is 12.3 Å². The lowest BCUT2D eigenvalue weighted by molar-refractivity contribution is -0.137. The first-order valence-corrected chi connectivity index (χ1v) is 8.52. The number of nitrogens with zero attached hydrogens (tertiary/aromatic N) is 1. The number of carboxylic acid groups (broad SMARTS) is 1. The van der Waals surface area contributed by atoms with E-state index in [0.29, 0.717) is 16.9 Å². The number of halogens is 1. The van der Waals surface area contributed by atoms with Crippen molar-refractivity contribution >= 4 is 17.3 Å². The predicted octanol–water partition coefficient (Wildman–Crippen LogP) is 4.56. The molecule has 0 saturated heterocycles. The number of benzene rings is 2. The fraction of sp³-hybridized carbons (Fsp3) is 0.158. The number of aromatic nitrogens is 1. The van der Waals surface area contributed by atoms with E-state index in [2.05, 4.69) is 4.98 Å². The highest BCUT2D eigenvalue weighted by molar-refractivity contribution is 7.09. The molecule has 0 bridgehead atoms. The number of hydrogen-bond acceptors (Lipinski definition) is 4. The highest BCUT2D eigenvalue weighted by atomic mass is 32.1. The fourth-order valence-corrected chi connectivity index (χ4v) is 3.56. The molecule has 1 heterocycles. The number of carboxylic acids is 1. The summed E-state index contributed by atoms with van der Waals surface area (Å²) in [6, 6.07) is 11.9. The molecule has 0 aliphatic rings. The molecule has 128 valence electrons. The zero-order valence-electron chi connectivity index (χ0n) is 13.5. The molecular formula is C19H16FNO3S. The number of methoxy groups -OCH3 is 1. The van der Waals surface area contributed by atoms with E-state index in [0.717, 1.165) is 10.6 Å². The molecule has 3 rings (SSSR count). The van der Waals surface area contributed by atoms with Crippen LogP contribution in [0.5, 0.6) is 5.75 Å². The fourth-order valence-electron chi connectivity index (χ4n) is 2.79. The van der Waals surface area contributed by atoms with Crippen LogP contribution in [-0.4, -0.2) is 23.2 Å². The van der Waals surface area contributed by atoms with Gasteiger partial charge in [0.25, 0.3) is 0 Å². The zero-order chi connectivity index (χ0) is 17.8. The van der Waals surface area contributed by atoms with E-state index < -0.39 is 5.97 Å². The summed E-state index contributed by atoms with van der Waals surface area (Å²) in [6.45, 7) is 0. The van der Waals surface area contributed by atoms with Gasteiger partial charge in [-0.1, -0.05) is 30.3 Å². The van der Waals surface area contributed by atoms with E-state index in [9.17, 15) is 14.3 Å². The van der Waals surface area contributed by atoms with Crippen molar-refractivity contribution < 1.29 is 19.0 Å². The smallest absolute Gasteiger partial charge is 0.304 e. The van der Waals surface area contributed by atoms with Crippen LogP contribution in [-0.2, 0) is 4.79 Å². The Balaban J connectivity index is 2.08. The second-order valence-electron chi connectivity index (χ2n) is 5.46. The topological polar surface area (TPSA) is 59.4 Å². The second kappa shape index (κ2) is 7.44. The normalized spacial score (nSPS) is 11.9. The molecule has 1 atom stereocenters. The van der Waals surface area contributed by atoms with Gasteiger partial charge in [0, 0.05) is 17.5 Å². The summed E-state index contributed by atoms with van der Waals surface area (Å²) in [7, 11) is 1.49. The van der Waals surface area contributed by atoms with Gasteiger partial charge in [-0.05, 0) is 23.3 Å². The third kappa shape index (κ3) is 3.69. The van der Waals surface area contributed by atoms with E-state index in [-0.39, 0.29) is 18.2 Å². The van der Waals surface area contributed by atoms with Crippen molar-refractivity contribution in [3.8, 4) is 16.9 Å². The first-order valence-electron chi connectivity index (χ1n) is 7.64. The lowest BCUT2D eigenvalue weighted by atomic mass is 9.92. The molecule has 0 amide bonds. The number of ether oxygens (including phenoxy) is 1. The molecule has 0 fully saturated rings. The van der Waals surface area contributed by atoms with Crippen LogP contribution in [0, 0.1) is 5.82 Å². The summed E-state index contributed by atoms with van der Waals surface area (Å²) in [6.07, 6.45) is 1.57. The monoisotopic (exact) mass is 357 g/mol. The average Bonchev–Trinajstić information content (AvgIpc) is 3.13. The average molecular weight is 357 g/mol. The summed E-state index contributed by atoms with van der Waals surface area (Å²) in [5.74, 6) is -1.24. The molecule has 3 aromatic rings. The molecule has 2 aromatic carbocycles. The lowest BCUT2D eigenvalue weighted by Crippen LogP contribution is -2.08. The number of aliphatic carboxylic acids is 1. The molecule has 0 aliphatic heterocycles. The Morgan fingerprint density at radius 1 is 1.32 bits per heavy atom. The van der Waals surface area contributed by atoms with Gasteiger partial charge in [-0.2, -0.15) is 0 Å². The maximum absolute atomic E-state index is 14.4. The van der Waals surface area contributed by atoms with Crippen molar-refractivity contribution in [1.82, 2.24) is 4.98 Å². The Hall–Kier alpha value is -2.73. The minimum atomic E-state index is -0.908. The lowest BCUT2D eigenvalue weighted by Gasteiger charge is -2.15. The van der Waals surface area contributed by atoms with Gasteiger partial charge in [0.15, 0.2) is 0 Å². The number of thiazole rings is 1. The van der Waals surface area contributed by atoms with Gasteiger partial charge in [-0.3, -0.25) is 4.79 Å². The maximum atomic E-state index is 14.4. The number of carbonyl (C=O) groups is 1. The molecule has 0 radical (unpaired) electrons. The van der Waals surface area contributed by atoms with E-state index in [4.69, 9.17) is 4.74 Å². The van der Waals surface area contributed by atoms with Gasteiger partial charge in [-0.15, -0.1) is 11.3 Å². The van der Waals surface area contributed by atoms with Gasteiger partial charge >= 0.3 is 5.97 Å². The van der Waals surface area contributed by atoms with E-state index in [1.165, 1.54) is 24.5 Å². The molecule has 25 heavy (non-hydrogen) atoms. The largest absolute Gasteiger partial charge is 0.496 e. The van der Waals surface area contributed by atoms with Gasteiger partial charge in [0.1, 0.15) is 16.6 Å². The van der Waals surface area contributed by atoms with Crippen molar-refractivity contribution in [2.75, 3.05) is 7.11 Å². The minimum Gasteiger partial charge on any atom is -0.496 e. The molecule has 0 saturated carbocycles. The summed E-state index contributed by atoms with van der Waals surface area (Å²) >= 11 is 1.41. The van der Waals surface area contributed by atoms with Crippen LogP contribution in [0.25, 0.3) is 11.1 Å². The van der Waals surface area contributed by atoms with Crippen LogP contribution in [0.4, 0.5) is 4.39 Å². The van der Waals surface area contributed by atoms with Crippen LogP contribution in [0.3, 0.4) is 0 Å². The van der Waals surface area contributed by atoms with E-state index in [1.54, 1.807) is 36.5 Å². The van der Waals surface area contributed by atoms with Crippen molar-refractivity contribution in [1.29, 1.82) is 0 Å². The molecular weight excluding hydrogens is 341 g/mol. The van der Waals surface area contributed by atoms with Crippen molar-refractivity contribution in [2.24, 2.45) is 0 Å². The number of hydrogen-bond donors (Lipinski definition) is 1. The van der Waals surface area contributed by atoms with Crippen LogP contribution in [0.1, 0.15) is 22.9 Å². The Morgan fingerprint density at radius 3 is 2.80 bits per heavy atom. The Kier molecular flexibility index (Phi) is 5.09. The molecule has 0 spiro atoms. The summed E-state index contributed by atoms with van der Waals surface area (Å²) < 4.78 is 19.6. The van der Waals surface area contributed by atoms with E-state index in [1.807, 2.05) is 11.4 Å². The first-order chi connectivity index (χ1) is 12.1. The summed E-state index contributed by atoms with van der Waals surface area (Å²) in [5, 5.41) is 11.8. The highest BCUT2D eigenvalue weighted by Gasteiger charge is 2.21. The molecule has 4 nitrogen and oxygen atoms in total. The molecule has 0 aliphatic carbocycles. The molecule has 1 unspecified atom stereocenters. The third-order valence-corrected chi connectivity index (χ3v) is 4.79. The second-order valence-corrected chi connectivity index (χ2v) is 6.39. The third-order valence-electron chi connectivity index (χ3n) is 3.90. The quantitative estimate of drug-likeness (QED) is 0.702. The van der Waals surface area contributed by atoms with Crippen LogP contribution in [0.2, 0.25) is 0 Å². The molecule has 6 heteroatoms. The van der Waals surface area contributed by atoms with Gasteiger partial charge < -0.3 is 9.84 Å². The Bertz CT molecular complexity index is 880. The van der Waals surface area contributed by atoms with Gasteiger partial charge in [-0.25, -0.2) is 9.37 Å². The summed E-state index contributed by atoms with van der Waals surface area (Å²) in [5.41, 5.74) is 1.78. The SMILES string of the molecule is COc1cccc(F)c1-c1cccc(C(CC(=O)O)c2nccs2)c1. The standard InChI is InChI=1S/C19H16FNO3S/c1-24-16-7-3-6-15(20)18(16)13-5-2-4-12(10-13)14(11-17(22)23)19-21-8-9-25-19/h2-10,14H,11H2,1H3,(H,22,23). The van der Waals surface area contributed by atoms with Crippen LogP contribution in [0.15, 0.2) is 54.0 Å². The Labute approximate surface area is 148 Å². The van der Waals surface area contributed by atoms with Gasteiger partial charge in [0.05, 0.1) is 19.1 Å².